The van der Waals surface area contributed by atoms with Crippen LogP contribution >= 0.6 is 0 Å². The number of rotatable bonds is 3. The summed E-state index contributed by atoms with van der Waals surface area (Å²) in [5.74, 6) is 1.66. The van der Waals surface area contributed by atoms with Crippen LogP contribution in [0.5, 0.6) is 5.75 Å². The summed E-state index contributed by atoms with van der Waals surface area (Å²) in [6.07, 6.45) is 3.66. The van der Waals surface area contributed by atoms with Crippen LogP contribution in [0.15, 0.2) is 47.6 Å². The molecule has 0 bridgehead atoms. The molecule has 0 amide bonds. The van der Waals surface area contributed by atoms with Crippen molar-refractivity contribution in [3.05, 3.63) is 48.3 Å². The van der Waals surface area contributed by atoms with Gasteiger partial charge in [-0.15, -0.1) is 0 Å². The van der Waals surface area contributed by atoms with Crippen molar-refractivity contribution in [2.75, 3.05) is 31.6 Å². The van der Waals surface area contributed by atoms with Crippen LogP contribution in [-0.4, -0.2) is 50.7 Å². The lowest BCUT2D eigenvalue weighted by Crippen LogP contribution is -2.55. The standard InChI is InChI=1S/C11H15N3O.C7H8O3S/c1-15-10-2-9(4-13-5-10)14-7-8-3-12-6-11(8)14;1-6-2-4-7(5-3-6)11(8,9)10/h2,4-5,8,11-12H,3,6-7H2,1H3;2-5H,1H3,(H,8,9,10)/t8-,11-;/m0./s1. The highest BCUT2D eigenvalue weighted by Gasteiger charge is 2.42. The second kappa shape index (κ2) is 7.61. The molecule has 8 heteroatoms. The zero-order valence-electron chi connectivity index (χ0n) is 14.8. The third-order valence-electron chi connectivity index (χ3n) is 4.72. The highest BCUT2D eigenvalue weighted by Crippen LogP contribution is 2.33. The molecule has 140 valence electrons. The van der Waals surface area contributed by atoms with E-state index in [1.54, 1.807) is 25.4 Å². The number of hydrogen-bond acceptors (Lipinski definition) is 6. The maximum atomic E-state index is 10.5. The van der Waals surface area contributed by atoms with Crippen LogP contribution < -0.4 is 15.0 Å². The zero-order valence-corrected chi connectivity index (χ0v) is 15.6. The molecule has 2 aliphatic heterocycles. The molecule has 2 aromatic rings. The van der Waals surface area contributed by atoms with Gasteiger partial charge in [-0.3, -0.25) is 9.54 Å². The summed E-state index contributed by atoms with van der Waals surface area (Å²) in [5, 5.41) is 3.42. The highest BCUT2D eigenvalue weighted by molar-refractivity contribution is 7.85. The average molecular weight is 377 g/mol. The fourth-order valence-electron chi connectivity index (χ4n) is 3.20. The van der Waals surface area contributed by atoms with Gasteiger partial charge in [-0.1, -0.05) is 17.7 Å². The summed E-state index contributed by atoms with van der Waals surface area (Å²) in [4.78, 5) is 6.52. The third-order valence-corrected chi connectivity index (χ3v) is 5.59. The number of nitrogens with zero attached hydrogens (tertiary/aromatic N) is 2. The first-order valence-electron chi connectivity index (χ1n) is 8.39. The van der Waals surface area contributed by atoms with Crippen LogP contribution in [0.1, 0.15) is 5.56 Å². The maximum absolute atomic E-state index is 10.5. The molecule has 2 aliphatic rings. The number of ether oxygens (including phenoxy) is 1. The highest BCUT2D eigenvalue weighted by atomic mass is 32.2. The van der Waals surface area contributed by atoms with Gasteiger partial charge in [-0.05, 0) is 19.1 Å². The van der Waals surface area contributed by atoms with Gasteiger partial charge in [-0.25, -0.2) is 0 Å². The minimum absolute atomic E-state index is 0.0666. The van der Waals surface area contributed by atoms with E-state index in [0.717, 1.165) is 30.3 Å². The topological polar surface area (TPSA) is 91.8 Å². The van der Waals surface area contributed by atoms with E-state index in [2.05, 4.69) is 21.3 Å². The van der Waals surface area contributed by atoms with Crippen molar-refractivity contribution in [1.82, 2.24) is 10.3 Å². The number of benzene rings is 1. The minimum atomic E-state index is -4.02. The Balaban J connectivity index is 0.000000160. The fourth-order valence-corrected chi connectivity index (χ4v) is 3.68. The summed E-state index contributed by atoms with van der Waals surface area (Å²) in [7, 11) is -2.34. The lowest BCUT2D eigenvalue weighted by Gasteiger charge is -2.45. The smallest absolute Gasteiger partial charge is 0.294 e. The molecule has 26 heavy (non-hydrogen) atoms. The maximum Gasteiger partial charge on any atom is 0.294 e. The number of anilines is 1. The first-order chi connectivity index (χ1) is 12.4. The number of nitrogens with one attached hydrogen (secondary N) is 1. The molecule has 0 saturated carbocycles. The van der Waals surface area contributed by atoms with E-state index in [1.807, 2.05) is 13.1 Å². The Morgan fingerprint density at radius 3 is 2.58 bits per heavy atom. The first-order valence-corrected chi connectivity index (χ1v) is 9.83. The van der Waals surface area contributed by atoms with Gasteiger partial charge in [0, 0.05) is 37.7 Å². The van der Waals surface area contributed by atoms with Crippen LogP contribution in [0, 0.1) is 12.8 Å². The van der Waals surface area contributed by atoms with E-state index < -0.39 is 10.1 Å². The Morgan fingerprint density at radius 2 is 1.96 bits per heavy atom. The molecule has 1 aromatic heterocycles. The Morgan fingerprint density at radius 1 is 1.23 bits per heavy atom. The van der Waals surface area contributed by atoms with Gasteiger partial charge < -0.3 is 15.0 Å². The zero-order chi connectivity index (χ0) is 18.7. The van der Waals surface area contributed by atoms with Crippen molar-refractivity contribution in [2.45, 2.75) is 17.9 Å². The molecule has 7 nitrogen and oxygen atoms in total. The number of pyridine rings is 1. The summed E-state index contributed by atoms with van der Waals surface area (Å²) in [5.41, 5.74) is 2.14. The quantitative estimate of drug-likeness (QED) is 0.787. The second-order valence-electron chi connectivity index (χ2n) is 6.51. The van der Waals surface area contributed by atoms with Crippen LogP contribution in [0.25, 0.3) is 0 Å². The van der Waals surface area contributed by atoms with Crippen LogP contribution in [0.4, 0.5) is 5.69 Å². The van der Waals surface area contributed by atoms with Crippen LogP contribution in [-0.2, 0) is 10.1 Å². The number of aryl methyl sites for hydroxylation is 1. The van der Waals surface area contributed by atoms with E-state index in [-0.39, 0.29) is 4.90 Å². The Hall–Kier alpha value is -2.16. The number of hydrogen-bond donors (Lipinski definition) is 2. The van der Waals surface area contributed by atoms with Crippen LogP contribution in [0.2, 0.25) is 0 Å². The molecular weight excluding hydrogens is 354 g/mol. The van der Waals surface area contributed by atoms with Crippen molar-refractivity contribution in [3.63, 3.8) is 0 Å². The van der Waals surface area contributed by atoms with Gasteiger partial charge in [0.05, 0.1) is 30.1 Å². The second-order valence-corrected chi connectivity index (χ2v) is 7.93. The lowest BCUT2D eigenvalue weighted by atomic mass is 9.91. The van der Waals surface area contributed by atoms with Gasteiger partial charge in [0.1, 0.15) is 5.75 Å². The molecule has 0 unspecified atom stereocenters. The summed E-state index contributed by atoms with van der Waals surface area (Å²) >= 11 is 0. The summed E-state index contributed by atoms with van der Waals surface area (Å²) in [6.45, 7) is 5.25. The molecule has 0 radical (unpaired) electrons. The molecule has 3 heterocycles. The molecule has 1 aromatic carbocycles. The van der Waals surface area contributed by atoms with Gasteiger partial charge in [0.15, 0.2) is 0 Å². The molecule has 2 atom stereocenters. The van der Waals surface area contributed by atoms with Crippen molar-refractivity contribution < 1.29 is 17.7 Å². The number of fused-ring (bicyclic) bond motifs is 1. The normalized spacial score (nSPS) is 21.3. The monoisotopic (exact) mass is 377 g/mol. The van der Waals surface area contributed by atoms with Gasteiger partial charge in [0.2, 0.25) is 0 Å². The molecule has 0 aliphatic carbocycles. The van der Waals surface area contributed by atoms with Crippen molar-refractivity contribution in [2.24, 2.45) is 5.92 Å². The largest absolute Gasteiger partial charge is 0.495 e. The predicted molar refractivity (Wildman–Crippen MR) is 99.3 cm³/mol. The lowest BCUT2D eigenvalue weighted by molar-refractivity contribution is 0.363. The fraction of sp³-hybridized carbons (Fsp3) is 0.389. The number of aromatic nitrogens is 1. The summed E-state index contributed by atoms with van der Waals surface area (Å²) in [6, 6.07) is 8.71. The minimum Gasteiger partial charge on any atom is -0.495 e. The SMILES string of the molecule is COc1cncc(N2C[C@@H]3CNC[C@@H]32)c1.Cc1ccc(S(=O)(=O)O)cc1. The third kappa shape index (κ3) is 4.14. The molecule has 2 saturated heterocycles. The molecule has 4 rings (SSSR count). The van der Waals surface area contributed by atoms with Crippen molar-refractivity contribution in [3.8, 4) is 5.75 Å². The Kier molecular flexibility index (Phi) is 5.45. The Bertz CT molecular complexity index is 855. The Labute approximate surface area is 153 Å². The van der Waals surface area contributed by atoms with E-state index >= 15 is 0 Å². The van der Waals surface area contributed by atoms with Crippen LogP contribution in [0.3, 0.4) is 0 Å². The number of methoxy groups -OCH3 is 1. The van der Waals surface area contributed by atoms with Gasteiger partial charge in [0.25, 0.3) is 10.1 Å². The van der Waals surface area contributed by atoms with E-state index in [9.17, 15) is 8.42 Å². The summed E-state index contributed by atoms with van der Waals surface area (Å²) < 4.78 is 34.7. The van der Waals surface area contributed by atoms with Gasteiger partial charge in [-0.2, -0.15) is 8.42 Å². The van der Waals surface area contributed by atoms with E-state index in [4.69, 9.17) is 9.29 Å². The molecule has 0 spiro atoms. The van der Waals surface area contributed by atoms with Crippen molar-refractivity contribution in [1.29, 1.82) is 0 Å². The molecule has 2 fully saturated rings. The average Bonchev–Trinajstić information content (AvgIpc) is 2.96. The first kappa shape index (κ1) is 18.6. The molecule has 2 N–H and O–H groups in total. The van der Waals surface area contributed by atoms with Gasteiger partial charge >= 0.3 is 0 Å². The van der Waals surface area contributed by atoms with E-state index in [1.165, 1.54) is 24.4 Å². The molecular formula is C18H23N3O4S. The van der Waals surface area contributed by atoms with Crippen molar-refractivity contribution >= 4 is 15.8 Å². The predicted octanol–water partition coefficient (Wildman–Crippen LogP) is 1.74. The van der Waals surface area contributed by atoms with E-state index in [0.29, 0.717) is 6.04 Å².